The van der Waals surface area contributed by atoms with Crippen molar-refractivity contribution < 1.29 is 27.8 Å². The molecule has 0 saturated carbocycles. The van der Waals surface area contributed by atoms with Crippen LogP contribution in [0.15, 0.2) is 11.8 Å². The number of rotatable bonds is 2. The van der Waals surface area contributed by atoms with Crippen LogP contribution in [0.5, 0.6) is 0 Å². The van der Waals surface area contributed by atoms with Crippen molar-refractivity contribution in [3.05, 3.63) is 11.8 Å². The molecule has 0 aliphatic heterocycles. The SMILES string of the molecule is CCOC(=O)/C(=C/O)C(F)(F)F. The minimum absolute atomic E-state index is 0.174. The molecule has 1 N–H and O–H groups in total. The van der Waals surface area contributed by atoms with Crippen molar-refractivity contribution >= 4 is 5.97 Å². The van der Waals surface area contributed by atoms with Crippen LogP contribution in [0.25, 0.3) is 0 Å². The number of halogens is 3. The van der Waals surface area contributed by atoms with Crippen LogP contribution in [-0.2, 0) is 9.53 Å². The molecule has 0 aliphatic carbocycles. The highest BCUT2D eigenvalue weighted by Gasteiger charge is 2.40. The Labute approximate surface area is 66.4 Å². The van der Waals surface area contributed by atoms with Crippen LogP contribution < -0.4 is 0 Å². The Morgan fingerprint density at radius 3 is 2.33 bits per heavy atom. The van der Waals surface area contributed by atoms with E-state index < -0.39 is 17.7 Å². The van der Waals surface area contributed by atoms with Crippen molar-refractivity contribution in [2.45, 2.75) is 13.1 Å². The van der Waals surface area contributed by atoms with Gasteiger partial charge in [0.15, 0.2) is 5.57 Å². The van der Waals surface area contributed by atoms with Gasteiger partial charge >= 0.3 is 12.1 Å². The van der Waals surface area contributed by atoms with Gasteiger partial charge in [-0.05, 0) is 6.92 Å². The zero-order chi connectivity index (χ0) is 9.78. The summed E-state index contributed by atoms with van der Waals surface area (Å²) in [6.45, 7) is 1.19. The van der Waals surface area contributed by atoms with Gasteiger partial charge in [-0.2, -0.15) is 13.2 Å². The van der Waals surface area contributed by atoms with Crippen molar-refractivity contribution in [1.29, 1.82) is 0 Å². The Morgan fingerprint density at radius 2 is 2.08 bits per heavy atom. The fraction of sp³-hybridized carbons (Fsp3) is 0.500. The fourth-order valence-corrected chi connectivity index (χ4v) is 0.450. The molecule has 0 fully saturated rings. The number of hydrogen-bond acceptors (Lipinski definition) is 3. The van der Waals surface area contributed by atoms with Crippen LogP contribution in [0.2, 0.25) is 0 Å². The Hall–Kier alpha value is -1.20. The number of hydrogen-bond donors (Lipinski definition) is 1. The first kappa shape index (κ1) is 10.8. The van der Waals surface area contributed by atoms with E-state index in [2.05, 4.69) is 4.74 Å². The Balaban J connectivity index is 4.49. The number of aliphatic hydroxyl groups excluding tert-OH is 1. The summed E-state index contributed by atoms with van der Waals surface area (Å²) >= 11 is 0. The monoisotopic (exact) mass is 184 g/mol. The van der Waals surface area contributed by atoms with Crippen LogP contribution in [0, 0.1) is 0 Å². The molecule has 0 aromatic rings. The first-order valence-corrected chi connectivity index (χ1v) is 3.02. The fourth-order valence-electron chi connectivity index (χ4n) is 0.450. The van der Waals surface area contributed by atoms with E-state index in [4.69, 9.17) is 5.11 Å². The molecule has 0 heterocycles. The molecule has 12 heavy (non-hydrogen) atoms. The molecule has 0 aliphatic rings. The van der Waals surface area contributed by atoms with E-state index >= 15 is 0 Å². The van der Waals surface area contributed by atoms with E-state index in [9.17, 15) is 18.0 Å². The van der Waals surface area contributed by atoms with Crippen molar-refractivity contribution in [1.82, 2.24) is 0 Å². The summed E-state index contributed by atoms with van der Waals surface area (Å²) in [5, 5.41) is 8.08. The lowest BCUT2D eigenvalue weighted by Crippen LogP contribution is -2.22. The quantitative estimate of drug-likeness (QED) is 0.402. The number of carbonyl (C=O) groups excluding carboxylic acids is 1. The molecule has 0 amide bonds. The normalized spacial score (nSPS) is 12.8. The third-order valence-electron chi connectivity index (χ3n) is 0.930. The van der Waals surface area contributed by atoms with Crippen LogP contribution in [0.1, 0.15) is 6.92 Å². The lowest BCUT2D eigenvalue weighted by Gasteiger charge is -2.08. The van der Waals surface area contributed by atoms with Crippen LogP contribution in [-0.4, -0.2) is 23.9 Å². The first-order chi connectivity index (χ1) is 5.43. The molecule has 0 saturated heterocycles. The van der Waals surface area contributed by atoms with E-state index in [1.54, 1.807) is 0 Å². The summed E-state index contributed by atoms with van der Waals surface area (Å²) < 4.78 is 39.3. The number of ether oxygens (including phenoxy) is 1. The molecular formula is C6H7F3O3. The minimum Gasteiger partial charge on any atom is -0.515 e. The molecular weight excluding hydrogens is 177 g/mol. The summed E-state index contributed by atoms with van der Waals surface area (Å²) in [5.41, 5.74) is -1.70. The summed E-state index contributed by atoms with van der Waals surface area (Å²) in [7, 11) is 0. The molecule has 0 atom stereocenters. The van der Waals surface area contributed by atoms with Gasteiger partial charge in [-0.15, -0.1) is 0 Å². The summed E-state index contributed by atoms with van der Waals surface area (Å²) in [6, 6.07) is 0. The predicted molar refractivity (Wildman–Crippen MR) is 33.4 cm³/mol. The summed E-state index contributed by atoms with van der Waals surface area (Å²) in [5.74, 6) is -1.58. The molecule has 0 unspecified atom stereocenters. The number of esters is 1. The van der Waals surface area contributed by atoms with Crippen molar-refractivity contribution in [2.24, 2.45) is 0 Å². The topological polar surface area (TPSA) is 46.5 Å². The third kappa shape index (κ3) is 2.81. The molecule has 0 bridgehead atoms. The Kier molecular flexibility index (Phi) is 3.59. The molecule has 0 spiro atoms. The van der Waals surface area contributed by atoms with Crippen LogP contribution >= 0.6 is 0 Å². The van der Waals surface area contributed by atoms with E-state index in [1.807, 2.05) is 0 Å². The van der Waals surface area contributed by atoms with Crippen LogP contribution in [0.4, 0.5) is 13.2 Å². The van der Waals surface area contributed by atoms with Gasteiger partial charge in [0.1, 0.15) is 0 Å². The minimum atomic E-state index is -4.87. The van der Waals surface area contributed by atoms with Crippen molar-refractivity contribution in [3.63, 3.8) is 0 Å². The van der Waals surface area contributed by atoms with Gasteiger partial charge in [-0.3, -0.25) is 0 Å². The van der Waals surface area contributed by atoms with Gasteiger partial charge in [0.25, 0.3) is 0 Å². The second-order valence-electron chi connectivity index (χ2n) is 1.76. The third-order valence-corrected chi connectivity index (χ3v) is 0.930. The zero-order valence-corrected chi connectivity index (χ0v) is 6.18. The van der Waals surface area contributed by atoms with Gasteiger partial charge in [-0.25, -0.2) is 4.79 Å². The molecule has 3 nitrogen and oxygen atoms in total. The van der Waals surface area contributed by atoms with Crippen molar-refractivity contribution in [3.8, 4) is 0 Å². The largest absolute Gasteiger partial charge is 0.515 e. The van der Waals surface area contributed by atoms with Gasteiger partial charge in [0.05, 0.1) is 12.9 Å². The Morgan fingerprint density at radius 1 is 1.58 bits per heavy atom. The highest BCUT2D eigenvalue weighted by atomic mass is 19.4. The van der Waals surface area contributed by atoms with Gasteiger partial charge in [-0.1, -0.05) is 0 Å². The van der Waals surface area contributed by atoms with Gasteiger partial charge < -0.3 is 9.84 Å². The summed E-state index contributed by atoms with van der Waals surface area (Å²) in [4.78, 5) is 10.5. The molecule has 0 aromatic heterocycles. The van der Waals surface area contributed by atoms with E-state index in [1.165, 1.54) is 6.92 Å². The standard InChI is InChI=1S/C6H7F3O3/c1-2-12-5(11)4(3-10)6(7,8)9/h3,10H,2H2,1H3/b4-3-. The second-order valence-corrected chi connectivity index (χ2v) is 1.76. The Bertz CT molecular complexity index is 195. The molecule has 0 aromatic carbocycles. The molecule has 70 valence electrons. The van der Waals surface area contributed by atoms with Gasteiger partial charge in [0.2, 0.25) is 0 Å². The highest BCUT2D eigenvalue weighted by Crippen LogP contribution is 2.25. The van der Waals surface area contributed by atoms with E-state index in [-0.39, 0.29) is 12.9 Å². The second kappa shape index (κ2) is 3.99. The molecule has 0 rings (SSSR count). The van der Waals surface area contributed by atoms with Gasteiger partial charge in [0, 0.05) is 0 Å². The molecule has 6 heteroatoms. The summed E-state index contributed by atoms with van der Waals surface area (Å²) in [6.07, 6.45) is -5.18. The first-order valence-electron chi connectivity index (χ1n) is 3.02. The smallest absolute Gasteiger partial charge is 0.426 e. The maximum absolute atomic E-state index is 11.8. The number of aliphatic hydroxyl groups is 1. The number of carbonyl (C=O) groups is 1. The zero-order valence-electron chi connectivity index (χ0n) is 6.18. The average Bonchev–Trinajstić information content (AvgIpc) is 1.85. The average molecular weight is 184 g/mol. The predicted octanol–water partition coefficient (Wildman–Crippen LogP) is 1.55. The maximum Gasteiger partial charge on any atom is 0.426 e. The highest BCUT2D eigenvalue weighted by molar-refractivity contribution is 5.89. The van der Waals surface area contributed by atoms with Crippen molar-refractivity contribution in [2.75, 3.05) is 6.61 Å². The maximum atomic E-state index is 11.8. The molecule has 0 radical (unpaired) electrons. The van der Waals surface area contributed by atoms with Crippen LogP contribution in [0.3, 0.4) is 0 Å². The number of alkyl halides is 3. The van der Waals surface area contributed by atoms with E-state index in [0.717, 1.165) is 0 Å². The van der Waals surface area contributed by atoms with E-state index in [0.29, 0.717) is 0 Å². The lowest BCUT2D eigenvalue weighted by atomic mass is 10.3. The lowest BCUT2D eigenvalue weighted by molar-refractivity contribution is -0.150.